The first kappa shape index (κ1) is 54.4. The van der Waals surface area contributed by atoms with E-state index < -0.39 is 0 Å². The van der Waals surface area contributed by atoms with E-state index in [-0.39, 0.29) is 10.8 Å². The molecule has 0 amide bonds. The lowest BCUT2D eigenvalue weighted by Crippen LogP contribution is -2.26. The van der Waals surface area contributed by atoms with Gasteiger partial charge in [0.25, 0.3) is 0 Å². The molecule has 0 unspecified atom stereocenters. The highest BCUT2D eigenvalue weighted by Gasteiger charge is 2.38. The van der Waals surface area contributed by atoms with Crippen LogP contribution in [0.2, 0.25) is 0 Å². The van der Waals surface area contributed by atoms with Gasteiger partial charge >= 0.3 is 0 Å². The van der Waals surface area contributed by atoms with E-state index in [4.69, 9.17) is 18.9 Å². The molecule has 0 bridgehead atoms. The second-order valence-corrected chi connectivity index (χ2v) is 31.8. The average molecular weight is 1110 g/mol. The highest BCUT2D eigenvalue weighted by atomic mass is 32.2. The summed E-state index contributed by atoms with van der Waals surface area (Å²) in [5.41, 5.74) is -0.0948. The molecule has 0 spiro atoms. The van der Waals surface area contributed by atoms with Crippen LogP contribution in [0.3, 0.4) is 0 Å². The standard InChI is InChI=1S/C54H78O4S10/c1-7-9-11-13-15-17-19-21-23-25-27-63-51-39-37(55-33-53(3,4)35-57-39)41(67-51)47-43-45(61-31-29-59-43)49(65-47)50-46-44(60-30-32-62-46)48(66-50)42-38-40(58-36-54(5,6)34-56-38)52(68-42)64-28-26-24-22-20-18-16-14-12-10-8-2/h7-36H2,1-6H3. The highest BCUT2D eigenvalue weighted by Crippen LogP contribution is 2.65. The number of rotatable bonds is 27. The maximum absolute atomic E-state index is 6.88. The summed E-state index contributed by atoms with van der Waals surface area (Å²) in [5.74, 6) is 10.8. The molecule has 0 aromatic carbocycles. The Bertz CT molecular complexity index is 2040. The van der Waals surface area contributed by atoms with Gasteiger partial charge in [-0.1, -0.05) is 157 Å². The Kier molecular flexibility index (Phi) is 21.6. The van der Waals surface area contributed by atoms with Gasteiger partial charge in [0.1, 0.15) is 8.42 Å². The van der Waals surface area contributed by atoms with Gasteiger partial charge in [-0.3, -0.25) is 0 Å². The van der Waals surface area contributed by atoms with Crippen LogP contribution in [0, 0.1) is 10.8 Å². The topological polar surface area (TPSA) is 36.9 Å². The molecule has 8 heterocycles. The molecular weight excluding hydrogens is 1030 g/mol. The number of hydrogen-bond donors (Lipinski definition) is 0. The van der Waals surface area contributed by atoms with E-state index in [1.807, 2.05) is 68.9 Å². The fourth-order valence-electron chi connectivity index (χ4n) is 8.92. The van der Waals surface area contributed by atoms with Crippen LogP contribution in [0.25, 0.3) is 29.3 Å². The lowest BCUT2D eigenvalue weighted by molar-refractivity contribution is 0.139. The molecule has 4 nitrogen and oxygen atoms in total. The summed E-state index contributed by atoms with van der Waals surface area (Å²) in [5, 5.41) is 0. The number of thioether (sulfide) groups is 6. The zero-order valence-electron chi connectivity index (χ0n) is 41.9. The molecule has 4 aliphatic rings. The monoisotopic (exact) mass is 1110 g/mol. The van der Waals surface area contributed by atoms with Gasteiger partial charge in [0, 0.05) is 53.4 Å². The van der Waals surface area contributed by atoms with Gasteiger partial charge in [0.05, 0.1) is 55.7 Å². The zero-order chi connectivity index (χ0) is 47.4. The Morgan fingerprint density at radius 1 is 0.353 bits per heavy atom. The molecule has 14 heteroatoms. The van der Waals surface area contributed by atoms with Crippen LogP contribution >= 0.6 is 116 Å². The lowest BCUT2D eigenvalue weighted by atomic mass is 9.97. The van der Waals surface area contributed by atoms with Crippen LogP contribution < -0.4 is 18.9 Å². The van der Waals surface area contributed by atoms with Crippen LogP contribution in [-0.4, -0.2) is 60.9 Å². The summed E-state index contributed by atoms with van der Waals surface area (Å²) in [6, 6.07) is 0. The zero-order valence-corrected chi connectivity index (χ0v) is 50.1. The van der Waals surface area contributed by atoms with Crippen molar-refractivity contribution in [3.8, 4) is 52.3 Å². The van der Waals surface area contributed by atoms with E-state index in [2.05, 4.69) is 88.6 Å². The van der Waals surface area contributed by atoms with Crippen LogP contribution in [0.15, 0.2) is 28.0 Å². The molecule has 0 aliphatic carbocycles. The molecule has 378 valence electrons. The van der Waals surface area contributed by atoms with E-state index in [0.29, 0.717) is 26.4 Å². The van der Waals surface area contributed by atoms with Crippen molar-refractivity contribution in [1.29, 1.82) is 0 Å². The molecule has 68 heavy (non-hydrogen) atoms. The Morgan fingerprint density at radius 3 is 0.956 bits per heavy atom. The van der Waals surface area contributed by atoms with Gasteiger partial charge in [-0.25, -0.2) is 0 Å². The lowest BCUT2D eigenvalue weighted by Gasteiger charge is -2.20. The summed E-state index contributed by atoms with van der Waals surface area (Å²) in [4.78, 5) is 14.1. The molecule has 4 aromatic rings. The smallest absolute Gasteiger partial charge is 0.186 e. The maximum atomic E-state index is 6.88. The second-order valence-electron chi connectivity index (χ2n) is 20.5. The molecule has 0 radical (unpaired) electrons. The predicted molar refractivity (Wildman–Crippen MR) is 312 cm³/mol. The molecule has 0 atom stereocenters. The third-order valence-electron chi connectivity index (χ3n) is 12.9. The first-order chi connectivity index (χ1) is 33.2. The van der Waals surface area contributed by atoms with Crippen molar-refractivity contribution < 1.29 is 18.9 Å². The number of hydrogen-bond acceptors (Lipinski definition) is 14. The van der Waals surface area contributed by atoms with Crippen molar-refractivity contribution >= 4 is 116 Å². The SMILES string of the molecule is CCCCCCCCCCCCSc1sc(-c2sc(-c3sc(-c4sc(SCCCCCCCCCCCC)c5c4OCC(C)(C)CO5)c4c3SCCS4)c3c2SCCS3)c2c1OCC(C)(C)CO2. The summed E-state index contributed by atoms with van der Waals surface area (Å²) >= 11 is 20.2. The number of thiophene rings is 4. The number of unbranched alkanes of at least 4 members (excludes halogenated alkanes) is 18. The fourth-order valence-corrected chi connectivity index (χ4v) is 22.9. The maximum Gasteiger partial charge on any atom is 0.186 e. The van der Waals surface area contributed by atoms with E-state index in [0.717, 1.165) is 57.5 Å². The van der Waals surface area contributed by atoms with Crippen molar-refractivity contribution in [2.45, 2.75) is 198 Å². The minimum Gasteiger partial charge on any atom is -0.487 e. The average Bonchev–Trinajstić information content (AvgIpc) is 4.04. The summed E-state index contributed by atoms with van der Waals surface area (Å²) in [7, 11) is 0. The largest absolute Gasteiger partial charge is 0.487 e. The van der Waals surface area contributed by atoms with Gasteiger partial charge in [-0.15, -0.1) is 116 Å². The summed E-state index contributed by atoms with van der Waals surface area (Å²) in [6.07, 6.45) is 27.3. The van der Waals surface area contributed by atoms with Crippen LogP contribution in [0.5, 0.6) is 23.0 Å². The van der Waals surface area contributed by atoms with Gasteiger partial charge < -0.3 is 18.9 Å². The van der Waals surface area contributed by atoms with E-state index in [1.165, 1.54) is 186 Å². The van der Waals surface area contributed by atoms with Crippen LogP contribution in [-0.2, 0) is 0 Å². The number of fused-ring (bicyclic) bond motifs is 4. The fraction of sp³-hybridized carbons (Fsp3) is 0.704. The first-order valence-electron chi connectivity index (χ1n) is 26.1. The molecule has 4 aliphatic heterocycles. The Hall–Kier alpha value is 0.1000. The molecule has 0 fully saturated rings. The molecule has 8 rings (SSSR count). The summed E-state index contributed by atoms with van der Waals surface area (Å²) < 4.78 is 29.9. The van der Waals surface area contributed by atoms with E-state index >= 15 is 0 Å². The first-order valence-corrected chi connectivity index (χ1v) is 35.3. The minimum absolute atomic E-state index is 0.0474. The highest BCUT2D eigenvalue weighted by molar-refractivity contribution is 8.06. The van der Waals surface area contributed by atoms with Crippen molar-refractivity contribution in [2.75, 3.05) is 60.9 Å². The quantitative estimate of drug-likeness (QED) is 0.0426. The molecule has 4 aromatic heterocycles. The second kappa shape index (κ2) is 27.1. The van der Waals surface area contributed by atoms with Crippen molar-refractivity contribution in [1.82, 2.24) is 0 Å². The number of ether oxygens (including phenoxy) is 4. The van der Waals surface area contributed by atoms with Crippen molar-refractivity contribution in [3.05, 3.63) is 0 Å². The van der Waals surface area contributed by atoms with E-state index in [1.54, 1.807) is 0 Å². The van der Waals surface area contributed by atoms with Gasteiger partial charge in [-0.2, -0.15) is 0 Å². The minimum atomic E-state index is -0.0474. The van der Waals surface area contributed by atoms with Gasteiger partial charge in [0.15, 0.2) is 23.0 Å². The Morgan fingerprint density at radius 2 is 0.632 bits per heavy atom. The molecule has 0 N–H and O–H groups in total. The predicted octanol–water partition coefficient (Wildman–Crippen LogP) is 21.0. The third-order valence-corrected chi connectivity index (χ3v) is 26.5. The Labute approximate surface area is 452 Å². The molecule has 0 saturated heterocycles. The van der Waals surface area contributed by atoms with Crippen LogP contribution in [0.4, 0.5) is 0 Å². The molecule has 0 saturated carbocycles. The van der Waals surface area contributed by atoms with Crippen LogP contribution in [0.1, 0.15) is 170 Å². The Balaban J connectivity index is 1.04. The van der Waals surface area contributed by atoms with Crippen molar-refractivity contribution in [3.63, 3.8) is 0 Å². The normalized spacial score (nSPS) is 17.2. The van der Waals surface area contributed by atoms with Gasteiger partial charge in [-0.05, 0) is 24.3 Å². The van der Waals surface area contributed by atoms with Crippen molar-refractivity contribution in [2.24, 2.45) is 10.8 Å². The van der Waals surface area contributed by atoms with Gasteiger partial charge in [0.2, 0.25) is 0 Å². The molecular formula is C54H78O4S10. The summed E-state index contributed by atoms with van der Waals surface area (Å²) in [6.45, 7) is 16.4. The van der Waals surface area contributed by atoms with E-state index in [9.17, 15) is 0 Å². The third kappa shape index (κ3) is 14.3.